The van der Waals surface area contributed by atoms with Gasteiger partial charge in [0.05, 0.1) is 4.88 Å². The molecular weight excluding hydrogens is 598 g/mol. The first-order valence-electron chi connectivity index (χ1n) is 16.6. The summed E-state index contributed by atoms with van der Waals surface area (Å²) in [4.78, 5) is 59.9. The van der Waals surface area contributed by atoms with Crippen molar-refractivity contribution in [3.8, 4) is 0 Å². The highest BCUT2D eigenvalue weighted by Gasteiger charge is 2.48. The van der Waals surface area contributed by atoms with Crippen molar-refractivity contribution in [2.24, 2.45) is 5.41 Å². The van der Waals surface area contributed by atoms with Gasteiger partial charge in [-0.05, 0) is 67.5 Å². The number of likely N-dealkylation sites (tertiary alicyclic amines) is 1. The third kappa shape index (κ3) is 6.33. The van der Waals surface area contributed by atoms with E-state index in [-0.39, 0.29) is 47.7 Å². The number of fused-ring (bicyclic) bond motifs is 2. The molecule has 0 bridgehead atoms. The summed E-state index contributed by atoms with van der Waals surface area (Å²) in [6.07, 6.45) is 9.75. The van der Waals surface area contributed by atoms with Gasteiger partial charge in [0.15, 0.2) is 0 Å². The Morgan fingerprint density at radius 1 is 1.00 bits per heavy atom. The number of alkyl halides is 2. The molecule has 6 rings (SSSR count). The van der Waals surface area contributed by atoms with E-state index in [9.17, 15) is 28.0 Å². The number of thiophene rings is 1. The second-order valence-electron chi connectivity index (χ2n) is 13.6. The zero-order valence-electron chi connectivity index (χ0n) is 26.3. The van der Waals surface area contributed by atoms with Crippen LogP contribution in [0.5, 0.6) is 0 Å². The molecule has 4 amide bonds. The maximum absolute atomic E-state index is 14.3. The number of rotatable bonds is 5. The van der Waals surface area contributed by atoms with E-state index in [1.54, 1.807) is 21.9 Å². The van der Waals surface area contributed by atoms with Crippen molar-refractivity contribution in [2.75, 3.05) is 26.2 Å². The van der Waals surface area contributed by atoms with Crippen molar-refractivity contribution >= 4 is 45.1 Å². The molecule has 4 fully saturated rings. The van der Waals surface area contributed by atoms with Crippen LogP contribution >= 0.6 is 11.3 Å². The zero-order chi connectivity index (χ0) is 31.9. The number of nitrogens with one attached hydrogen (secondary N) is 1. The third-order valence-corrected chi connectivity index (χ3v) is 11.9. The smallest absolute Gasteiger partial charge is 0.273 e. The second-order valence-corrected chi connectivity index (χ2v) is 14.7. The van der Waals surface area contributed by atoms with Crippen molar-refractivity contribution in [2.45, 2.75) is 109 Å². The van der Waals surface area contributed by atoms with Crippen LogP contribution in [-0.2, 0) is 20.3 Å². The summed E-state index contributed by atoms with van der Waals surface area (Å²) in [5.74, 6) is -3.99. The lowest BCUT2D eigenvalue weighted by Gasteiger charge is -2.39. The van der Waals surface area contributed by atoms with Gasteiger partial charge in [-0.25, -0.2) is 8.78 Å². The number of carbonyl (C=O) groups excluding carboxylic acids is 4. The lowest BCUT2D eigenvalue weighted by atomic mass is 9.80. The van der Waals surface area contributed by atoms with Gasteiger partial charge in [-0.15, -0.1) is 11.3 Å². The molecule has 8 nitrogen and oxygen atoms in total. The maximum atomic E-state index is 14.3. The standard InChI is InChI=1S/C34H44F2N4O4S/c1-3-34(35,36)24-8-11-28-23(18-24)19-29(45-28)30(42)37-26-20-38(22(2)41)16-12-25-9-10-27(40(25)31(26)43)32(44)39-17-15-33(21-39)13-6-4-5-7-14-33/h8,11,18-19,25-27H,3-7,9-10,12-17,20-21H2,1-2H3,(H,37,42)/t25-,26+,27+/m1/s1. The topological polar surface area (TPSA) is 90.0 Å². The third-order valence-electron chi connectivity index (χ3n) is 10.7. The zero-order valence-corrected chi connectivity index (χ0v) is 27.1. The number of hydrogen-bond acceptors (Lipinski definition) is 5. The van der Waals surface area contributed by atoms with Crippen molar-refractivity contribution in [1.29, 1.82) is 0 Å². The molecule has 2 aromatic rings. The predicted octanol–water partition coefficient (Wildman–Crippen LogP) is 5.69. The van der Waals surface area contributed by atoms with Crippen LogP contribution in [0.25, 0.3) is 10.1 Å². The van der Waals surface area contributed by atoms with E-state index < -0.39 is 23.9 Å². The van der Waals surface area contributed by atoms with Gasteiger partial charge in [-0.1, -0.05) is 38.7 Å². The van der Waals surface area contributed by atoms with E-state index in [0.29, 0.717) is 40.8 Å². The van der Waals surface area contributed by atoms with Crippen molar-refractivity contribution in [3.05, 3.63) is 34.7 Å². The summed E-state index contributed by atoms with van der Waals surface area (Å²) in [6, 6.07) is 4.16. The van der Waals surface area contributed by atoms with Gasteiger partial charge in [0.2, 0.25) is 17.7 Å². The monoisotopic (exact) mass is 642 g/mol. The fraction of sp³-hybridized carbons (Fsp3) is 0.647. The molecule has 244 valence electrons. The van der Waals surface area contributed by atoms with Crippen molar-refractivity contribution in [1.82, 2.24) is 20.0 Å². The first-order valence-corrected chi connectivity index (χ1v) is 17.4. The Hall–Kier alpha value is -3.08. The average molecular weight is 643 g/mol. The fourth-order valence-electron chi connectivity index (χ4n) is 8.05. The van der Waals surface area contributed by atoms with Gasteiger partial charge in [-0.2, -0.15) is 0 Å². The Balaban J connectivity index is 1.22. The highest BCUT2D eigenvalue weighted by molar-refractivity contribution is 7.20. The second kappa shape index (κ2) is 12.6. The van der Waals surface area contributed by atoms with E-state index >= 15 is 0 Å². The van der Waals surface area contributed by atoms with Crippen molar-refractivity contribution < 1.29 is 28.0 Å². The Morgan fingerprint density at radius 3 is 2.47 bits per heavy atom. The number of nitrogens with zero attached hydrogens (tertiary/aromatic N) is 3. The Labute approximate surface area is 267 Å². The first-order chi connectivity index (χ1) is 21.5. The molecule has 1 aromatic carbocycles. The molecular formula is C34H44F2N4O4S. The SMILES string of the molecule is CCC(F)(F)c1ccc2sc(C(=O)N[C@H]3CN(C(C)=O)CC[C@H]4CC[C@@H](C(=O)N5CCC6(CCCCCC6)C5)N4C3=O)cc2c1. The number of benzene rings is 1. The van der Waals surface area contributed by atoms with Gasteiger partial charge in [0.25, 0.3) is 11.8 Å². The fourth-order valence-corrected chi connectivity index (χ4v) is 8.99. The predicted molar refractivity (Wildman–Crippen MR) is 169 cm³/mol. The minimum absolute atomic E-state index is 0.00485. The lowest BCUT2D eigenvalue weighted by Crippen LogP contribution is -2.61. The first kappa shape index (κ1) is 31.9. The minimum Gasteiger partial charge on any atom is -0.340 e. The Kier molecular flexibility index (Phi) is 8.93. The Morgan fingerprint density at radius 2 is 1.76 bits per heavy atom. The summed E-state index contributed by atoms with van der Waals surface area (Å²) in [5, 5.41) is 3.40. The number of amides is 4. The highest BCUT2D eigenvalue weighted by Crippen LogP contribution is 2.43. The van der Waals surface area contributed by atoms with E-state index in [4.69, 9.17) is 0 Å². The molecule has 3 saturated heterocycles. The summed E-state index contributed by atoms with van der Waals surface area (Å²) in [6.45, 7) is 4.80. The highest BCUT2D eigenvalue weighted by atomic mass is 32.1. The lowest BCUT2D eigenvalue weighted by molar-refractivity contribution is -0.148. The number of carbonyl (C=O) groups is 4. The minimum atomic E-state index is -2.97. The maximum Gasteiger partial charge on any atom is 0.273 e. The molecule has 1 spiro atoms. The summed E-state index contributed by atoms with van der Waals surface area (Å²) in [7, 11) is 0. The van der Waals surface area contributed by atoms with E-state index in [0.717, 1.165) is 32.4 Å². The molecule has 4 aliphatic rings. The van der Waals surface area contributed by atoms with E-state index in [2.05, 4.69) is 5.32 Å². The largest absolute Gasteiger partial charge is 0.340 e. The molecule has 0 radical (unpaired) electrons. The molecule has 4 heterocycles. The average Bonchev–Trinajstić information content (AvgIpc) is 3.71. The summed E-state index contributed by atoms with van der Waals surface area (Å²) in [5.41, 5.74) is 0.0914. The molecule has 11 heteroatoms. The van der Waals surface area contributed by atoms with Crippen LogP contribution in [0.15, 0.2) is 24.3 Å². The van der Waals surface area contributed by atoms with Crippen LogP contribution in [0.3, 0.4) is 0 Å². The van der Waals surface area contributed by atoms with Crippen LogP contribution in [0.1, 0.15) is 99.7 Å². The summed E-state index contributed by atoms with van der Waals surface area (Å²) < 4.78 is 29.3. The Bertz CT molecular complexity index is 1470. The van der Waals surface area contributed by atoms with Crippen LogP contribution < -0.4 is 5.32 Å². The van der Waals surface area contributed by atoms with Crippen LogP contribution in [0.2, 0.25) is 0 Å². The molecule has 1 aliphatic carbocycles. The summed E-state index contributed by atoms with van der Waals surface area (Å²) >= 11 is 1.17. The van der Waals surface area contributed by atoms with E-state index in [1.165, 1.54) is 63.0 Å². The molecule has 1 N–H and O–H groups in total. The van der Waals surface area contributed by atoms with Gasteiger partial charge in [0, 0.05) is 55.8 Å². The molecule has 3 atom stereocenters. The molecule has 3 aliphatic heterocycles. The van der Waals surface area contributed by atoms with Gasteiger partial charge < -0.3 is 20.0 Å². The van der Waals surface area contributed by atoms with Gasteiger partial charge in [0.1, 0.15) is 12.1 Å². The van der Waals surface area contributed by atoms with Gasteiger partial charge >= 0.3 is 0 Å². The van der Waals surface area contributed by atoms with Crippen LogP contribution in [0, 0.1) is 5.41 Å². The van der Waals surface area contributed by atoms with Crippen LogP contribution in [-0.4, -0.2) is 82.6 Å². The molecule has 1 saturated carbocycles. The van der Waals surface area contributed by atoms with Crippen LogP contribution in [0.4, 0.5) is 8.78 Å². The quantitative estimate of drug-likeness (QED) is 0.454. The van der Waals surface area contributed by atoms with E-state index in [1.807, 2.05) is 4.90 Å². The van der Waals surface area contributed by atoms with Gasteiger partial charge in [-0.3, -0.25) is 19.2 Å². The molecule has 0 unspecified atom stereocenters. The van der Waals surface area contributed by atoms with Crippen molar-refractivity contribution in [3.63, 3.8) is 0 Å². The number of halogens is 2. The normalized spacial score (nSPS) is 25.6. The molecule has 45 heavy (non-hydrogen) atoms. The number of hydrogen-bond donors (Lipinski definition) is 1. The molecule has 1 aromatic heterocycles.